The van der Waals surface area contributed by atoms with Crippen molar-refractivity contribution >= 4 is 17.2 Å². The Labute approximate surface area is 120 Å². The molecule has 20 heavy (non-hydrogen) atoms. The van der Waals surface area contributed by atoms with E-state index >= 15 is 0 Å². The lowest BCUT2D eigenvalue weighted by Gasteiger charge is -2.30. The van der Waals surface area contributed by atoms with Crippen LogP contribution >= 0.6 is 11.3 Å². The number of morpholine rings is 1. The quantitative estimate of drug-likeness (QED) is 0.912. The van der Waals surface area contributed by atoms with Crippen molar-refractivity contribution in [3.05, 3.63) is 29.6 Å². The van der Waals surface area contributed by atoms with Gasteiger partial charge >= 0.3 is 0 Å². The Morgan fingerprint density at radius 3 is 3.25 bits per heavy atom. The highest BCUT2D eigenvalue weighted by molar-refractivity contribution is 7.13. The third-order valence-electron chi connectivity index (χ3n) is 3.14. The predicted molar refractivity (Wildman–Crippen MR) is 74.0 cm³/mol. The summed E-state index contributed by atoms with van der Waals surface area (Å²) in [5, 5.41) is 2.00. The third-order valence-corrected chi connectivity index (χ3v) is 4.03. The van der Waals surface area contributed by atoms with Crippen molar-refractivity contribution in [3.8, 4) is 10.6 Å². The Morgan fingerprint density at radius 1 is 1.60 bits per heavy atom. The summed E-state index contributed by atoms with van der Waals surface area (Å²) in [6, 6.07) is 3.97. The maximum atomic E-state index is 11.1. The van der Waals surface area contributed by atoms with E-state index in [-0.39, 0.29) is 0 Å². The van der Waals surface area contributed by atoms with Gasteiger partial charge in [-0.3, -0.25) is 9.69 Å². The second kappa shape index (κ2) is 5.74. The van der Waals surface area contributed by atoms with E-state index in [1.54, 1.807) is 17.5 Å². The van der Waals surface area contributed by atoms with Gasteiger partial charge in [-0.1, -0.05) is 6.07 Å². The Morgan fingerprint density at radius 2 is 2.50 bits per heavy atom. The number of hydrogen-bond donors (Lipinski definition) is 1. The first-order chi connectivity index (χ1) is 9.72. The second-order valence-corrected chi connectivity index (χ2v) is 5.54. The van der Waals surface area contributed by atoms with Gasteiger partial charge in [0.15, 0.2) is 5.76 Å². The molecule has 0 aliphatic carbocycles. The minimum Gasteiger partial charge on any atom is -0.438 e. The van der Waals surface area contributed by atoms with Crippen molar-refractivity contribution in [1.29, 1.82) is 0 Å². The van der Waals surface area contributed by atoms with E-state index in [2.05, 4.69) is 9.88 Å². The number of nitrogens with zero attached hydrogens (tertiary/aromatic N) is 2. The molecule has 0 bridgehead atoms. The fourth-order valence-corrected chi connectivity index (χ4v) is 2.80. The van der Waals surface area contributed by atoms with E-state index < -0.39 is 12.0 Å². The number of oxazole rings is 1. The lowest BCUT2D eigenvalue weighted by atomic mass is 10.2. The van der Waals surface area contributed by atoms with Crippen molar-refractivity contribution in [2.45, 2.75) is 12.6 Å². The van der Waals surface area contributed by atoms with Crippen molar-refractivity contribution in [2.75, 3.05) is 19.7 Å². The first kappa shape index (κ1) is 13.3. The largest absolute Gasteiger partial charge is 0.438 e. The van der Waals surface area contributed by atoms with Gasteiger partial charge in [0.1, 0.15) is 6.10 Å². The first-order valence-electron chi connectivity index (χ1n) is 6.34. The van der Waals surface area contributed by atoms with Crippen LogP contribution in [0.5, 0.6) is 0 Å². The molecule has 1 amide bonds. The minimum absolute atomic E-state index is 0.429. The lowest BCUT2D eigenvalue weighted by molar-refractivity contribution is -0.135. The molecule has 1 saturated heterocycles. The van der Waals surface area contributed by atoms with Crippen LogP contribution in [0.2, 0.25) is 0 Å². The van der Waals surface area contributed by atoms with Crippen LogP contribution in [0.3, 0.4) is 0 Å². The molecule has 3 rings (SSSR count). The van der Waals surface area contributed by atoms with Crippen LogP contribution in [-0.4, -0.2) is 41.6 Å². The van der Waals surface area contributed by atoms with Crippen LogP contribution in [0.4, 0.5) is 0 Å². The van der Waals surface area contributed by atoms with Crippen molar-refractivity contribution in [1.82, 2.24) is 9.88 Å². The molecule has 0 unspecified atom stereocenters. The molecule has 2 aromatic rings. The molecule has 1 aliphatic heterocycles. The highest BCUT2D eigenvalue weighted by Gasteiger charge is 2.25. The van der Waals surface area contributed by atoms with Gasteiger partial charge in [0, 0.05) is 13.1 Å². The van der Waals surface area contributed by atoms with E-state index in [9.17, 15) is 4.79 Å². The fourth-order valence-electron chi connectivity index (χ4n) is 2.13. The number of primary amides is 1. The van der Waals surface area contributed by atoms with Gasteiger partial charge in [0.05, 0.1) is 24.2 Å². The molecule has 7 heteroatoms. The van der Waals surface area contributed by atoms with Gasteiger partial charge in [0.25, 0.3) is 0 Å². The first-order valence-corrected chi connectivity index (χ1v) is 7.22. The number of amides is 1. The van der Waals surface area contributed by atoms with Crippen molar-refractivity contribution in [3.63, 3.8) is 0 Å². The van der Waals surface area contributed by atoms with Crippen molar-refractivity contribution < 1.29 is 13.9 Å². The molecular weight excluding hydrogens is 278 g/mol. The summed E-state index contributed by atoms with van der Waals surface area (Å²) in [5.74, 6) is 0.981. The Bertz CT molecular complexity index is 581. The van der Waals surface area contributed by atoms with Gasteiger partial charge in [0.2, 0.25) is 11.8 Å². The van der Waals surface area contributed by atoms with Gasteiger partial charge in [-0.05, 0) is 11.4 Å². The summed E-state index contributed by atoms with van der Waals surface area (Å²) < 4.78 is 11.0. The fraction of sp³-hybridized carbons (Fsp3) is 0.385. The van der Waals surface area contributed by atoms with E-state index in [1.165, 1.54) is 0 Å². The molecule has 0 spiro atoms. The van der Waals surface area contributed by atoms with E-state index in [0.29, 0.717) is 25.6 Å². The van der Waals surface area contributed by atoms with Crippen LogP contribution < -0.4 is 5.73 Å². The smallest absolute Gasteiger partial charge is 0.247 e. The van der Waals surface area contributed by atoms with Gasteiger partial charge in [-0.15, -0.1) is 11.3 Å². The molecule has 6 nitrogen and oxygen atoms in total. The van der Waals surface area contributed by atoms with Crippen LogP contribution in [0.15, 0.2) is 28.1 Å². The number of carbonyl (C=O) groups excluding carboxylic acids is 1. The highest BCUT2D eigenvalue weighted by atomic mass is 32.1. The summed E-state index contributed by atoms with van der Waals surface area (Å²) in [6.45, 7) is 2.26. The van der Waals surface area contributed by atoms with Crippen LogP contribution in [0, 0.1) is 0 Å². The Balaban J connectivity index is 1.64. The second-order valence-electron chi connectivity index (χ2n) is 4.59. The summed E-state index contributed by atoms with van der Waals surface area (Å²) in [6.07, 6.45) is 1.18. The molecule has 2 aromatic heterocycles. The molecule has 1 aliphatic rings. The summed E-state index contributed by atoms with van der Waals surface area (Å²) in [4.78, 5) is 18.5. The molecular formula is C13H15N3O3S. The number of aromatic nitrogens is 1. The number of hydrogen-bond acceptors (Lipinski definition) is 6. The monoisotopic (exact) mass is 293 g/mol. The molecule has 106 valence electrons. The zero-order valence-electron chi connectivity index (χ0n) is 10.8. The maximum Gasteiger partial charge on any atom is 0.247 e. The molecule has 0 aromatic carbocycles. The maximum absolute atomic E-state index is 11.1. The Kier molecular flexibility index (Phi) is 3.81. The number of rotatable bonds is 4. The topological polar surface area (TPSA) is 81.6 Å². The van der Waals surface area contributed by atoms with Gasteiger partial charge in [-0.2, -0.15) is 0 Å². The van der Waals surface area contributed by atoms with Gasteiger partial charge in [-0.25, -0.2) is 4.98 Å². The van der Waals surface area contributed by atoms with E-state index in [1.807, 2.05) is 17.5 Å². The van der Waals surface area contributed by atoms with Crippen LogP contribution in [-0.2, 0) is 16.1 Å². The molecule has 1 fully saturated rings. The van der Waals surface area contributed by atoms with E-state index in [0.717, 1.165) is 17.2 Å². The SMILES string of the molecule is NC(=O)[C@@H]1CN(Cc2ncc(-c3cccs3)o2)CCO1. The average Bonchev–Trinajstić information content (AvgIpc) is 3.09. The lowest BCUT2D eigenvalue weighted by Crippen LogP contribution is -2.47. The molecule has 2 N–H and O–H groups in total. The Hall–Kier alpha value is -1.70. The summed E-state index contributed by atoms with van der Waals surface area (Å²) >= 11 is 1.61. The third kappa shape index (κ3) is 2.90. The zero-order chi connectivity index (χ0) is 13.9. The summed E-state index contributed by atoms with van der Waals surface area (Å²) in [7, 11) is 0. The summed E-state index contributed by atoms with van der Waals surface area (Å²) in [5.41, 5.74) is 5.26. The standard InChI is InChI=1S/C13H15N3O3S/c14-13(17)10-7-16(3-4-18-10)8-12-15-6-9(19-12)11-2-1-5-20-11/h1-2,5-6,10H,3-4,7-8H2,(H2,14,17)/t10-/m0/s1. The highest BCUT2D eigenvalue weighted by Crippen LogP contribution is 2.25. The number of thiophene rings is 1. The zero-order valence-corrected chi connectivity index (χ0v) is 11.6. The van der Waals surface area contributed by atoms with Crippen LogP contribution in [0.1, 0.15) is 5.89 Å². The molecule has 0 radical (unpaired) electrons. The molecule has 3 heterocycles. The van der Waals surface area contributed by atoms with E-state index in [4.69, 9.17) is 14.9 Å². The average molecular weight is 293 g/mol. The number of ether oxygens (including phenoxy) is 1. The predicted octanol–water partition coefficient (Wildman–Crippen LogP) is 1.09. The molecule has 1 atom stereocenters. The normalized spacial score (nSPS) is 20.1. The van der Waals surface area contributed by atoms with Crippen molar-refractivity contribution in [2.24, 2.45) is 5.73 Å². The number of carbonyl (C=O) groups is 1. The number of nitrogens with two attached hydrogens (primary N) is 1. The van der Waals surface area contributed by atoms with Gasteiger partial charge < -0.3 is 14.9 Å². The van der Waals surface area contributed by atoms with Crippen LogP contribution in [0.25, 0.3) is 10.6 Å². The minimum atomic E-state index is -0.546. The molecule has 0 saturated carbocycles.